The van der Waals surface area contributed by atoms with E-state index in [0.29, 0.717) is 30.3 Å². The molecule has 3 aromatic rings. The van der Waals surface area contributed by atoms with Crippen LogP contribution in [0.1, 0.15) is 10.4 Å². The van der Waals surface area contributed by atoms with E-state index in [1.165, 1.54) is 0 Å². The molecular weight excluding hydrogens is 388 g/mol. The fourth-order valence-electron chi connectivity index (χ4n) is 3.33. The molecule has 0 spiro atoms. The Morgan fingerprint density at radius 2 is 1.72 bits per heavy atom. The highest BCUT2D eigenvalue weighted by atomic mass is 35.5. The van der Waals surface area contributed by atoms with Crippen molar-refractivity contribution in [1.82, 2.24) is 19.6 Å². The lowest BCUT2D eigenvalue weighted by molar-refractivity contribution is 0.0620. The van der Waals surface area contributed by atoms with E-state index in [-0.39, 0.29) is 5.91 Å². The summed E-state index contributed by atoms with van der Waals surface area (Å²) in [6, 6.07) is 17.2. The van der Waals surface area contributed by atoms with Gasteiger partial charge in [0.25, 0.3) is 5.91 Å². The summed E-state index contributed by atoms with van der Waals surface area (Å²) in [6.07, 6.45) is 3.39. The lowest BCUT2D eigenvalue weighted by Crippen LogP contribution is -2.49. The van der Waals surface area contributed by atoms with Crippen LogP contribution in [0.2, 0.25) is 5.02 Å². The number of hydrogen-bond donors (Lipinski definition) is 0. The maximum absolute atomic E-state index is 12.8. The van der Waals surface area contributed by atoms with Crippen molar-refractivity contribution in [2.45, 2.75) is 0 Å². The van der Waals surface area contributed by atoms with Crippen LogP contribution in [-0.2, 0) is 0 Å². The van der Waals surface area contributed by atoms with Crippen molar-refractivity contribution in [1.29, 1.82) is 0 Å². The number of carbonyl (C=O) groups excluding carboxylic acids is 1. The Balaban J connectivity index is 1.26. The second-order valence-electron chi connectivity index (χ2n) is 6.95. The Kier molecular flexibility index (Phi) is 6.12. The molecule has 29 heavy (non-hydrogen) atoms. The second-order valence-corrected chi connectivity index (χ2v) is 7.38. The Morgan fingerprint density at radius 1 is 1.00 bits per heavy atom. The fourth-order valence-corrected chi connectivity index (χ4v) is 3.46. The van der Waals surface area contributed by atoms with Crippen LogP contribution in [0.5, 0.6) is 5.75 Å². The third-order valence-corrected chi connectivity index (χ3v) is 5.25. The minimum absolute atomic E-state index is 0.0189. The first-order valence-electron chi connectivity index (χ1n) is 9.69. The maximum Gasteiger partial charge on any atom is 0.257 e. The monoisotopic (exact) mass is 410 g/mol. The summed E-state index contributed by atoms with van der Waals surface area (Å²) in [6.45, 7) is 4.59. The first-order chi connectivity index (χ1) is 14.2. The molecule has 0 aliphatic carbocycles. The second kappa shape index (κ2) is 9.11. The van der Waals surface area contributed by atoms with E-state index in [1.807, 2.05) is 47.4 Å². The lowest BCUT2D eigenvalue weighted by Gasteiger charge is -2.34. The van der Waals surface area contributed by atoms with Crippen LogP contribution in [0.25, 0.3) is 5.69 Å². The number of para-hydroxylation sites is 1. The van der Waals surface area contributed by atoms with Gasteiger partial charge in [-0.25, -0.2) is 4.68 Å². The van der Waals surface area contributed by atoms with Crippen molar-refractivity contribution in [3.8, 4) is 11.4 Å². The number of aromatic nitrogens is 2. The van der Waals surface area contributed by atoms with E-state index in [4.69, 9.17) is 16.3 Å². The standard InChI is InChI=1S/C22H23ClN4O2/c23-19-6-8-20(9-7-19)27-17-18(16-24-27)22(28)26-12-10-25(11-13-26)14-15-29-21-4-2-1-3-5-21/h1-9,16-17H,10-15H2. The van der Waals surface area contributed by atoms with Gasteiger partial charge in [0.1, 0.15) is 12.4 Å². The van der Waals surface area contributed by atoms with Crippen LogP contribution < -0.4 is 4.74 Å². The molecule has 2 aromatic carbocycles. The van der Waals surface area contributed by atoms with Gasteiger partial charge in [-0.2, -0.15) is 5.10 Å². The minimum atomic E-state index is 0.0189. The summed E-state index contributed by atoms with van der Waals surface area (Å²) >= 11 is 5.93. The van der Waals surface area contributed by atoms with Crippen LogP contribution >= 0.6 is 11.6 Å². The number of halogens is 1. The molecule has 4 rings (SSSR count). The largest absolute Gasteiger partial charge is 0.492 e. The minimum Gasteiger partial charge on any atom is -0.492 e. The van der Waals surface area contributed by atoms with Gasteiger partial charge < -0.3 is 9.64 Å². The van der Waals surface area contributed by atoms with Gasteiger partial charge in [0.05, 0.1) is 17.4 Å². The van der Waals surface area contributed by atoms with Crippen LogP contribution in [0.3, 0.4) is 0 Å². The average molecular weight is 411 g/mol. The molecule has 0 atom stereocenters. The SMILES string of the molecule is O=C(c1cnn(-c2ccc(Cl)cc2)c1)N1CCN(CCOc2ccccc2)CC1. The molecule has 1 aliphatic heterocycles. The first-order valence-corrected chi connectivity index (χ1v) is 10.1. The predicted octanol–water partition coefficient (Wildman–Crippen LogP) is 3.36. The van der Waals surface area contributed by atoms with Crippen LogP contribution in [-0.4, -0.2) is 64.8 Å². The summed E-state index contributed by atoms with van der Waals surface area (Å²) in [5.41, 5.74) is 1.47. The molecular formula is C22H23ClN4O2. The van der Waals surface area contributed by atoms with E-state index in [2.05, 4.69) is 10.00 Å². The van der Waals surface area contributed by atoms with Crippen molar-refractivity contribution >= 4 is 17.5 Å². The molecule has 7 heteroatoms. The highest BCUT2D eigenvalue weighted by Gasteiger charge is 2.23. The van der Waals surface area contributed by atoms with Gasteiger partial charge in [-0.1, -0.05) is 29.8 Å². The Morgan fingerprint density at radius 3 is 2.45 bits per heavy atom. The molecule has 0 radical (unpaired) electrons. The smallest absolute Gasteiger partial charge is 0.257 e. The van der Waals surface area contributed by atoms with Gasteiger partial charge in [0, 0.05) is 43.9 Å². The fraction of sp³-hybridized carbons (Fsp3) is 0.273. The van der Waals surface area contributed by atoms with Crippen molar-refractivity contribution in [2.75, 3.05) is 39.3 Å². The third kappa shape index (κ3) is 4.96. The predicted molar refractivity (Wildman–Crippen MR) is 113 cm³/mol. The Labute approximate surface area is 175 Å². The van der Waals surface area contributed by atoms with Gasteiger partial charge in [0.2, 0.25) is 0 Å². The molecule has 2 heterocycles. The number of ether oxygens (including phenoxy) is 1. The molecule has 0 bridgehead atoms. The van der Waals surface area contributed by atoms with Crippen LogP contribution in [0.15, 0.2) is 67.0 Å². The van der Waals surface area contributed by atoms with Gasteiger partial charge >= 0.3 is 0 Å². The molecule has 0 N–H and O–H groups in total. The molecule has 0 unspecified atom stereocenters. The zero-order chi connectivity index (χ0) is 20.1. The quantitative estimate of drug-likeness (QED) is 0.625. The number of nitrogens with zero attached hydrogens (tertiary/aromatic N) is 4. The van der Waals surface area contributed by atoms with Gasteiger partial charge in [-0.15, -0.1) is 0 Å². The molecule has 1 aliphatic rings. The van der Waals surface area contributed by atoms with Gasteiger partial charge in [-0.05, 0) is 36.4 Å². The van der Waals surface area contributed by atoms with E-state index in [1.54, 1.807) is 29.2 Å². The molecule has 1 saturated heterocycles. The van der Waals surface area contributed by atoms with E-state index >= 15 is 0 Å². The molecule has 1 aromatic heterocycles. The highest BCUT2D eigenvalue weighted by molar-refractivity contribution is 6.30. The van der Waals surface area contributed by atoms with E-state index in [0.717, 1.165) is 31.1 Å². The summed E-state index contributed by atoms with van der Waals surface area (Å²) < 4.78 is 7.46. The van der Waals surface area contributed by atoms with Crippen molar-refractivity contribution in [3.05, 3.63) is 77.6 Å². The maximum atomic E-state index is 12.8. The summed E-state index contributed by atoms with van der Waals surface area (Å²) in [5.74, 6) is 0.907. The van der Waals surface area contributed by atoms with E-state index < -0.39 is 0 Å². The summed E-state index contributed by atoms with van der Waals surface area (Å²) in [4.78, 5) is 17.0. The van der Waals surface area contributed by atoms with Crippen LogP contribution in [0, 0.1) is 0 Å². The number of carbonyl (C=O) groups is 1. The molecule has 1 fully saturated rings. The molecule has 0 saturated carbocycles. The third-order valence-electron chi connectivity index (χ3n) is 5.00. The molecule has 150 valence electrons. The zero-order valence-corrected chi connectivity index (χ0v) is 16.8. The number of benzene rings is 2. The Hall–Kier alpha value is -2.83. The van der Waals surface area contributed by atoms with Crippen molar-refractivity contribution in [2.24, 2.45) is 0 Å². The van der Waals surface area contributed by atoms with Crippen LogP contribution in [0.4, 0.5) is 0 Å². The normalized spacial score (nSPS) is 14.7. The lowest BCUT2D eigenvalue weighted by atomic mass is 10.2. The van der Waals surface area contributed by atoms with Crippen molar-refractivity contribution in [3.63, 3.8) is 0 Å². The van der Waals surface area contributed by atoms with E-state index in [9.17, 15) is 4.79 Å². The van der Waals surface area contributed by atoms with Gasteiger partial charge in [0.15, 0.2) is 0 Å². The first kappa shape index (κ1) is 19.5. The topological polar surface area (TPSA) is 50.6 Å². The number of hydrogen-bond acceptors (Lipinski definition) is 4. The molecule has 1 amide bonds. The summed E-state index contributed by atoms with van der Waals surface area (Å²) in [5, 5.41) is 4.99. The zero-order valence-electron chi connectivity index (χ0n) is 16.1. The summed E-state index contributed by atoms with van der Waals surface area (Å²) in [7, 11) is 0. The number of amides is 1. The molecule has 6 nitrogen and oxygen atoms in total. The highest BCUT2D eigenvalue weighted by Crippen LogP contribution is 2.15. The number of rotatable bonds is 6. The van der Waals surface area contributed by atoms with Crippen molar-refractivity contribution < 1.29 is 9.53 Å². The number of piperazine rings is 1. The average Bonchev–Trinajstić information content (AvgIpc) is 3.25. The van der Waals surface area contributed by atoms with Gasteiger partial charge in [-0.3, -0.25) is 9.69 Å². The Bertz CT molecular complexity index is 935.